The summed E-state index contributed by atoms with van der Waals surface area (Å²) in [4.78, 5) is 29.8. The Labute approximate surface area is 176 Å². The number of carbonyl (C=O) groups excluding carboxylic acids is 2. The van der Waals surface area contributed by atoms with Crippen LogP contribution in [0, 0.1) is 13.8 Å². The number of hydrogen-bond acceptors (Lipinski definition) is 3. The van der Waals surface area contributed by atoms with Gasteiger partial charge < -0.3 is 10.2 Å². The van der Waals surface area contributed by atoms with Gasteiger partial charge in [0.2, 0.25) is 11.8 Å². The minimum absolute atomic E-state index is 0.00992. The van der Waals surface area contributed by atoms with Gasteiger partial charge in [0, 0.05) is 37.6 Å². The van der Waals surface area contributed by atoms with Gasteiger partial charge in [0.25, 0.3) is 0 Å². The van der Waals surface area contributed by atoms with Crippen LogP contribution in [0.4, 0.5) is 0 Å². The van der Waals surface area contributed by atoms with E-state index in [1.807, 2.05) is 12.1 Å². The molecular weight excluding hydrogens is 386 g/mol. The van der Waals surface area contributed by atoms with E-state index in [1.54, 1.807) is 17.0 Å². The number of aryl methyl sites for hydroxylation is 2. The van der Waals surface area contributed by atoms with Crippen LogP contribution in [-0.4, -0.2) is 53.3 Å². The minimum Gasteiger partial charge on any atom is -0.342 e. The Bertz CT molecular complexity index is 928. The summed E-state index contributed by atoms with van der Waals surface area (Å²) in [5.74, 6) is -0.0513. The normalized spacial score (nSPS) is 22.4. The van der Waals surface area contributed by atoms with E-state index >= 15 is 0 Å². The number of piperazine rings is 2. The van der Waals surface area contributed by atoms with Crippen molar-refractivity contribution in [1.29, 1.82) is 0 Å². The second kappa shape index (κ2) is 8.17. The van der Waals surface area contributed by atoms with Crippen molar-refractivity contribution >= 4 is 23.4 Å². The molecule has 6 heteroatoms. The maximum Gasteiger partial charge on any atom is 0.246 e. The fourth-order valence-corrected chi connectivity index (χ4v) is 4.39. The molecule has 2 aliphatic heterocycles. The van der Waals surface area contributed by atoms with Gasteiger partial charge in [-0.25, -0.2) is 0 Å². The van der Waals surface area contributed by atoms with Crippen LogP contribution in [0.1, 0.15) is 22.3 Å². The third-order valence-electron chi connectivity index (χ3n) is 5.91. The van der Waals surface area contributed by atoms with Gasteiger partial charge in [0.15, 0.2) is 0 Å². The zero-order valence-electron chi connectivity index (χ0n) is 16.8. The summed E-state index contributed by atoms with van der Waals surface area (Å²) < 4.78 is 0. The van der Waals surface area contributed by atoms with Crippen LogP contribution in [-0.2, 0) is 22.6 Å². The Morgan fingerprint density at radius 2 is 1.83 bits per heavy atom. The molecule has 0 radical (unpaired) electrons. The molecule has 152 valence electrons. The third-order valence-corrected chi connectivity index (χ3v) is 6.16. The van der Waals surface area contributed by atoms with Gasteiger partial charge in [0.1, 0.15) is 12.1 Å². The van der Waals surface area contributed by atoms with Gasteiger partial charge in [-0.3, -0.25) is 14.5 Å². The number of hydrogen-bond donors (Lipinski definition) is 1. The molecule has 0 spiro atoms. The van der Waals surface area contributed by atoms with Gasteiger partial charge in [-0.15, -0.1) is 0 Å². The molecule has 0 unspecified atom stereocenters. The molecule has 2 fully saturated rings. The van der Waals surface area contributed by atoms with Crippen LogP contribution < -0.4 is 5.32 Å². The smallest absolute Gasteiger partial charge is 0.246 e. The van der Waals surface area contributed by atoms with Gasteiger partial charge in [-0.1, -0.05) is 47.5 Å². The fraction of sp³-hybridized carbons (Fsp3) is 0.391. The van der Waals surface area contributed by atoms with E-state index in [9.17, 15) is 9.59 Å². The summed E-state index contributed by atoms with van der Waals surface area (Å²) in [6, 6.07) is 13.0. The topological polar surface area (TPSA) is 52.6 Å². The second-order valence-corrected chi connectivity index (χ2v) is 8.54. The first-order valence-electron chi connectivity index (χ1n) is 10.0. The molecule has 5 nitrogen and oxygen atoms in total. The molecule has 0 aliphatic carbocycles. The first-order valence-corrected chi connectivity index (χ1v) is 10.4. The maximum absolute atomic E-state index is 13.0. The van der Waals surface area contributed by atoms with Crippen molar-refractivity contribution < 1.29 is 9.59 Å². The van der Waals surface area contributed by atoms with E-state index in [-0.39, 0.29) is 11.8 Å². The highest BCUT2D eigenvalue weighted by Gasteiger charge is 2.43. The molecule has 1 N–H and O–H groups in total. The average Bonchev–Trinajstić information content (AvgIpc) is 2.70. The first-order chi connectivity index (χ1) is 13.9. The van der Waals surface area contributed by atoms with E-state index in [0.717, 1.165) is 18.7 Å². The lowest BCUT2D eigenvalue weighted by Gasteiger charge is -2.45. The van der Waals surface area contributed by atoms with E-state index < -0.39 is 12.1 Å². The Kier molecular flexibility index (Phi) is 5.61. The summed E-state index contributed by atoms with van der Waals surface area (Å²) >= 11 is 5.94. The van der Waals surface area contributed by atoms with E-state index in [1.165, 1.54) is 16.7 Å². The van der Waals surface area contributed by atoms with Crippen molar-refractivity contribution in [3.8, 4) is 0 Å². The lowest BCUT2D eigenvalue weighted by Crippen LogP contribution is -2.69. The molecule has 0 saturated carbocycles. The van der Waals surface area contributed by atoms with Crippen LogP contribution in [0.5, 0.6) is 0 Å². The van der Waals surface area contributed by atoms with Crippen molar-refractivity contribution in [2.45, 2.75) is 38.9 Å². The predicted octanol–water partition coefficient (Wildman–Crippen LogP) is 2.71. The van der Waals surface area contributed by atoms with Crippen LogP contribution in [0.2, 0.25) is 5.02 Å². The molecule has 29 heavy (non-hydrogen) atoms. The predicted molar refractivity (Wildman–Crippen MR) is 114 cm³/mol. The Morgan fingerprint density at radius 3 is 2.55 bits per heavy atom. The quantitative estimate of drug-likeness (QED) is 0.841. The zero-order chi connectivity index (χ0) is 20.5. The largest absolute Gasteiger partial charge is 0.342 e. The fourth-order valence-electron chi connectivity index (χ4n) is 4.26. The molecule has 0 bridgehead atoms. The summed E-state index contributed by atoms with van der Waals surface area (Å²) in [7, 11) is 0. The van der Waals surface area contributed by atoms with Crippen molar-refractivity contribution in [2.24, 2.45) is 0 Å². The third kappa shape index (κ3) is 4.31. The highest BCUT2D eigenvalue weighted by atomic mass is 35.5. The SMILES string of the molecule is Cc1ccc(CN2CCN3C(=O)[C@H](Cc4ccc(Cl)cc4)NC(=O)[C@H]3C2)c(C)c1. The number of fused-ring (bicyclic) bond motifs is 1. The number of halogens is 1. The molecular formula is C23H26ClN3O2. The number of nitrogens with one attached hydrogen (secondary N) is 1. The first kappa shape index (κ1) is 19.9. The summed E-state index contributed by atoms with van der Waals surface area (Å²) in [6.07, 6.45) is 0.483. The van der Waals surface area contributed by atoms with Gasteiger partial charge in [0.05, 0.1) is 0 Å². The number of nitrogens with zero attached hydrogens (tertiary/aromatic N) is 2. The molecule has 4 rings (SSSR count). The molecule has 2 aliphatic rings. The summed E-state index contributed by atoms with van der Waals surface area (Å²) in [6.45, 7) is 6.94. The van der Waals surface area contributed by atoms with Crippen molar-refractivity contribution in [2.75, 3.05) is 19.6 Å². The number of amides is 2. The van der Waals surface area contributed by atoms with Crippen molar-refractivity contribution in [3.63, 3.8) is 0 Å². The Morgan fingerprint density at radius 1 is 1.07 bits per heavy atom. The number of benzene rings is 2. The highest BCUT2D eigenvalue weighted by molar-refractivity contribution is 6.30. The zero-order valence-corrected chi connectivity index (χ0v) is 17.6. The molecule has 2 heterocycles. The second-order valence-electron chi connectivity index (χ2n) is 8.10. The Hall–Kier alpha value is -2.37. The van der Waals surface area contributed by atoms with Crippen molar-refractivity contribution in [1.82, 2.24) is 15.1 Å². The van der Waals surface area contributed by atoms with Crippen LogP contribution in [0.25, 0.3) is 0 Å². The lowest BCUT2D eigenvalue weighted by atomic mass is 9.98. The monoisotopic (exact) mass is 411 g/mol. The summed E-state index contributed by atoms with van der Waals surface area (Å²) in [5.41, 5.74) is 4.77. The standard InChI is InChI=1S/C23H26ClN3O2/c1-15-3-6-18(16(2)11-15)13-26-9-10-27-21(14-26)22(28)25-20(23(27)29)12-17-4-7-19(24)8-5-17/h3-8,11,20-21H,9-10,12-14H2,1-2H3,(H,25,28)/t20-,21+/m0/s1. The molecule has 2 aromatic rings. The number of rotatable bonds is 4. The number of carbonyl (C=O) groups is 2. The molecule has 0 aromatic heterocycles. The lowest BCUT2D eigenvalue weighted by molar-refractivity contribution is -0.153. The Balaban J connectivity index is 1.42. The highest BCUT2D eigenvalue weighted by Crippen LogP contribution is 2.21. The van der Waals surface area contributed by atoms with E-state index in [0.29, 0.717) is 24.5 Å². The van der Waals surface area contributed by atoms with Crippen LogP contribution in [0.3, 0.4) is 0 Å². The molecule has 2 atom stereocenters. The van der Waals surface area contributed by atoms with E-state index in [4.69, 9.17) is 11.6 Å². The van der Waals surface area contributed by atoms with Crippen LogP contribution >= 0.6 is 11.6 Å². The minimum atomic E-state index is -0.509. The van der Waals surface area contributed by atoms with E-state index in [2.05, 4.69) is 42.3 Å². The molecule has 2 saturated heterocycles. The molecule has 2 amide bonds. The average molecular weight is 412 g/mol. The molecule has 2 aromatic carbocycles. The van der Waals surface area contributed by atoms with Crippen molar-refractivity contribution in [3.05, 3.63) is 69.7 Å². The van der Waals surface area contributed by atoms with Gasteiger partial charge in [-0.05, 0) is 42.7 Å². The van der Waals surface area contributed by atoms with Gasteiger partial charge >= 0.3 is 0 Å². The summed E-state index contributed by atoms with van der Waals surface area (Å²) in [5, 5.41) is 3.60. The maximum atomic E-state index is 13.0. The van der Waals surface area contributed by atoms with Crippen LogP contribution in [0.15, 0.2) is 42.5 Å². The van der Waals surface area contributed by atoms with Gasteiger partial charge in [-0.2, -0.15) is 0 Å².